The summed E-state index contributed by atoms with van der Waals surface area (Å²) >= 11 is 0. The van der Waals surface area contributed by atoms with Gasteiger partial charge in [-0.05, 0) is 44.1 Å². The maximum absolute atomic E-state index is 12.5. The van der Waals surface area contributed by atoms with E-state index < -0.39 is 12.0 Å². The summed E-state index contributed by atoms with van der Waals surface area (Å²) in [5.41, 5.74) is 11.6. The SMILES string of the molecule is CC(C)C[C@H](N)CC(=O)N[C@@H](CCCCN)CC(=O)N[C@H](CC(=O)O)CC(C)C. The Balaban J connectivity index is 4.81. The van der Waals surface area contributed by atoms with Crippen molar-refractivity contribution in [3.63, 3.8) is 0 Å². The zero-order valence-electron chi connectivity index (χ0n) is 18.6. The molecule has 0 aromatic carbocycles. The molecule has 0 saturated carbocycles. The van der Waals surface area contributed by atoms with Crippen LogP contribution in [0.4, 0.5) is 0 Å². The summed E-state index contributed by atoms with van der Waals surface area (Å²) in [5.74, 6) is -0.671. The van der Waals surface area contributed by atoms with Crippen LogP contribution in [0.2, 0.25) is 0 Å². The van der Waals surface area contributed by atoms with Crippen molar-refractivity contribution in [3.8, 4) is 0 Å². The molecule has 0 aromatic rings. The van der Waals surface area contributed by atoms with Crippen molar-refractivity contribution in [1.29, 1.82) is 0 Å². The van der Waals surface area contributed by atoms with E-state index in [1.54, 1.807) is 0 Å². The second kappa shape index (κ2) is 15.2. The third-order valence-corrected chi connectivity index (χ3v) is 4.57. The number of carbonyl (C=O) groups excluding carboxylic acids is 2. The molecule has 8 heteroatoms. The molecule has 0 radical (unpaired) electrons. The molecule has 8 nitrogen and oxygen atoms in total. The predicted octanol–water partition coefficient (Wildman–Crippen LogP) is 1.76. The number of amides is 2. The lowest BCUT2D eigenvalue weighted by Crippen LogP contribution is -2.44. The molecular formula is C21H42N4O4. The van der Waals surface area contributed by atoms with Crippen LogP contribution in [0.25, 0.3) is 0 Å². The fourth-order valence-corrected chi connectivity index (χ4v) is 3.46. The van der Waals surface area contributed by atoms with E-state index in [9.17, 15) is 14.4 Å². The van der Waals surface area contributed by atoms with Crippen LogP contribution in [0.15, 0.2) is 0 Å². The first-order valence-corrected chi connectivity index (χ1v) is 10.8. The van der Waals surface area contributed by atoms with E-state index in [1.807, 2.05) is 13.8 Å². The summed E-state index contributed by atoms with van der Waals surface area (Å²) < 4.78 is 0. The smallest absolute Gasteiger partial charge is 0.305 e. The highest BCUT2D eigenvalue weighted by Crippen LogP contribution is 2.11. The molecule has 2 amide bonds. The van der Waals surface area contributed by atoms with Gasteiger partial charge in [-0.2, -0.15) is 0 Å². The summed E-state index contributed by atoms with van der Waals surface area (Å²) in [7, 11) is 0. The number of rotatable bonds is 16. The van der Waals surface area contributed by atoms with Crippen molar-refractivity contribution in [1.82, 2.24) is 10.6 Å². The second-order valence-electron chi connectivity index (χ2n) is 8.84. The molecule has 0 aliphatic heterocycles. The molecule has 0 aliphatic rings. The highest BCUT2D eigenvalue weighted by atomic mass is 16.4. The molecule has 0 saturated heterocycles. The Kier molecular flexibility index (Phi) is 14.3. The van der Waals surface area contributed by atoms with E-state index in [4.69, 9.17) is 16.6 Å². The van der Waals surface area contributed by atoms with Gasteiger partial charge >= 0.3 is 5.97 Å². The highest BCUT2D eigenvalue weighted by Gasteiger charge is 2.22. The van der Waals surface area contributed by atoms with E-state index in [1.165, 1.54) is 0 Å². The van der Waals surface area contributed by atoms with Gasteiger partial charge in [-0.25, -0.2) is 0 Å². The van der Waals surface area contributed by atoms with Crippen molar-refractivity contribution >= 4 is 17.8 Å². The van der Waals surface area contributed by atoms with Crippen LogP contribution in [0.3, 0.4) is 0 Å². The van der Waals surface area contributed by atoms with Crippen LogP contribution >= 0.6 is 0 Å². The van der Waals surface area contributed by atoms with Gasteiger partial charge < -0.3 is 27.2 Å². The zero-order chi connectivity index (χ0) is 22.4. The van der Waals surface area contributed by atoms with Crippen LogP contribution in [0.1, 0.15) is 79.1 Å². The average molecular weight is 415 g/mol. The monoisotopic (exact) mass is 414 g/mol. The summed E-state index contributed by atoms with van der Waals surface area (Å²) in [4.78, 5) is 35.9. The molecule has 0 unspecified atom stereocenters. The Bertz CT molecular complexity index is 497. The number of nitrogens with one attached hydrogen (secondary N) is 2. The lowest BCUT2D eigenvalue weighted by atomic mass is 9.99. The van der Waals surface area contributed by atoms with Gasteiger partial charge in [-0.15, -0.1) is 0 Å². The van der Waals surface area contributed by atoms with Gasteiger partial charge in [-0.3, -0.25) is 14.4 Å². The van der Waals surface area contributed by atoms with Gasteiger partial charge in [0.05, 0.1) is 6.42 Å². The standard InChI is InChI=1S/C21H42N4O4/c1-14(2)9-16(23)11-19(26)24-17(7-5-6-8-22)12-20(27)25-18(10-15(3)4)13-21(28)29/h14-18H,5-13,22-23H2,1-4H3,(H,24,26)(H,25,27)(H,28,29)/t16-,17-,18-/m0/s1. The number of nitrogens with two attached hydrogens (primary N) is 2. The molecule has 0 bridgehead atoms. The van der Waals surface area contributed by atoms with E-state index >= 15 is 0 Å². The minimum atomic E-state index is -0.942. The molecule has 3 atom stereocenters. The molecule has 0 heterocycles. The first-order chi connectivity index (χ1) is 13.5. The van der Waals surface area contributed by atoms with Gasteiger partial charge in [0.15, 0.2) is 0 Å². The third kappa shape index (κ3) is 15.9. The number of carbonyl (C=O) groups is 3. The normalized spacial score (nSPS) is 14.5. The maximum Gasteiger partial charge on any atom is 0.305 e. The number of unbranched alkanes of at least 4 members (excludes halogenated alkanes) is 1. The lowest BCUT2D eigenvalue weighted by Gasteiger charge is -2.23. The van der Waals surface area contributed by atoms with Crippen molar-refractivity contribution in [3.05, 3.63) is 0 Å². The quantitative estimate of drug-likeness (QED) is 0.243. The van der Waals surface area contributed by atoms with E-state index in [0.717, 1.165) is 19.3 Å². The summed E-state index contributed by atoms with van der Waals surface area (Å²) in [6.45, 7) is 8.64. The van der Waals surface area contributed by atoms with Crippen LogP contribution in [-0.4, -0.2) is 47.6 Å². The summed E-state index contributed by atoms with van der Waals surface area (Å²) in [5, 5.41) is 14.8. The van der Waals surface area contributed by atoms with Crippen molar-refractivity contribution in [2.45, 2.75) is 97.2 Å². The highest BCUT2D eigenvalue weighted by molar-refractivity contribution is 5.80. The van der Waals surface area contributed by atoms with Crippen LogP contribution in [0, 0.1) is 11.8 Å². The van der Waals surface area contributed by atoms with Crippen LogP contribution in [0.5, 0.6) is 0 Å². The molecule has 0 spiro atoms. The van der Waals surface area contributed by atoms with Gasteiger partial charge in [0.25, 0.3) is 0 Å². The Morgan fingerprint density at radius 3 is 1.90 bits per heavy atom. The predicted molar refractivity (Wildman–Crippen MR) is 115 cm³/mol. The number of hydrogen-bond donors (Lipinski definition) is 5. The van der Waals surface area contributed by atoms with Crippen LogP contribution < -0.4 is 22.1 Å². The Hall–Kier alpha value is -1.67. The van der Waals surface area contributed by atoms with Crippen LogP contribution in [-0.2, 0) is 14.4 Å². The molecule has 0 fully saturated rings. The minimum Gasteiger partial charge on any atom is -0.481 e. The Morgan fingerprint density at radius 1 is 0.828 bits per heavy atom. The average Bonchev–Trinajstić information content (AvgIpc) is 2.52. The Morgan fingerprint density at radius 2 is 1.38 bits per heavy atom. The Labute approximate surface area is 175 Å². The first kappa shape index (κ1) is 27.3. The fraction of sp³-hybridized carbons (Fsp3) is 0.857. The van der Waals surface area contributed by atoms with E-state index in [-0.39, 0.29) is 49.1 Å². The number of carboxylic acids is 1. The minimum absolute atomic E-state index is 0.113. The fourth-order valence-electron chi connectivity index (χ4n) is 3.46. The van der Waals surface area contributed by atoms with Crippen molar-refractivity contribution in [2.75, 3.05) is 6.54 Å². The maximum atomic E-state index is 12.5. The molecule has 170 valence electrons. The van der Waals surface area contributed by atoms with E-state index in [2.05, 4.69) is 24.5 Å². The molecule has 7 N–H and O–H groups in total. The van der Waals surface area contributed by atoms with E-state index in [0.29, 0.717) is 25.3 Å². The van der Waals surface area contributed by atoms with Gasteiger partial charge in [0.1, 0.15) is 0 Å². The zero-order valence-corrected chi connectivity index (χ0v) is 18.6. The number of aliphatic carboxylic acids is 1. The number of hydrogen-bond acceptors (Lipinski definition) is 5. The third-order valence-electron chi connectivity index (χ3n) is 4.57. The molecular weight excluding hydrogens is 372 g/mol. The van der Waals surface area contributed by atoms with Gasteiger partial charge in [-0.1, -0.05) is 34.1 Å². The van der Waals surface area contributed by atoms with Crippen molar-refractivity contribution < 1.29 is 19.5 Å². The summed E-state index contributed by atoms with van der Waals surface area (Å²) in [6, 6.07) is -0.941. The molecule has 0 aliphatic carbocycles. The first-order valence-electron chi connectivity index (χ1n) is 10.8. The molecule has 0 rings (SSSR count). The van der Waals surface area contributed by atoms with Gasteiger partial charge in [0.2, 0.25) is 11.8 Å². The van der Waals surface area contributed by atoms with Crippen molar-refractivity contribution in [2.24, 2.45) is 23.3 Å². The topological polar surface area (TPSA) is 148 Å². The molecule has 29 heavy (non-hydrogen) atoms. The lowest BCUT2D eigenvalue weighted by molar-refractivity contribution is -0.137. The summed E-state index contributed by atoms with van der Waals surface area (Å²) in [6.07, 6.45) is 3.84. The van der Waals surface area contributed by atoms with Gasteiger partial charge in [0, 0.05) is 31.0 Å². The largest absolute Gasteiger partial charge is 0.481 e. The molecule has 0 aromatic heterocycles. The number of carboxylic acid groups (broad SMARTS) is 1. The second-order valence-corrected chi connectivity index (χ2v) is 8.84.